The number of fused-ring (bicyclic) bond motifs is 13. The minimum absolute atomic E-state index is 0.0959. The Labute approximate surface area is 250 Å². The number of ether oxygens (including phenoxy) is 1. The number of carbonyl (C=O) groups is 2. The highest BCUT2D eigenvalue weighted by atomic mass is 32.2. The maximum absolute atomic E-state index is 13.6. The summed E-state index contributed by atoms with van der Waals surface area (Å²) in [5, 5.41) is 29.2. The zero-order chi connectivity index (χ0) is 29.1. The Morgan fingerprint density at radius 1 is 1.02 bits per heavy atom. The van der Waals surface area contributed by atoms with Gasteiger partial charge in [0.15, 0.2) is 5.72 Å². The fourth-order valence-corrected chi connectivity index (χ4v) is 8.79. The van der Waals surface area contributed by atoms with Crippen molar-refractivity contribution in [1.82, 2.24) is 14.5 Å². The summed E-state index contributed by atoms with van der Waals surface area (Å²) in [6, 6.07) is 12.6. The van der Waals surface area contributed by atoms with Gasteiger partial charge in [-0.3, -0.25) is 4.79 Å². The van der Waals surface area contributed by atoms with Crippen LogP contribution < -0.4 is 5.32 Å². The first kappa shape index (κ1) is 26.4. The predicted octanol–water partition coefficient (Wildman–Crippen LogP) is 6.07. The summed E-state index contributed by atoms with van der Waals surface area (Å²) >= 11 is 3.67. The molecule has 0 aliphatic carbocycles. The Morgan fingerprint density at radius 3 is 2.31 bits per heavy atom. The molecule has 0 spiro atoms. The number of carboxylic acid groups (broad SMARTS) is 1. The molecule has 5 aromatic rings. The number of aliphatic hydroxyl groups is 1. The van der Waals surface area contributed by atoms with E-state index in [0.717, 1.165) is 83.3 Å². The van der Waals surface area contributed by atoms with E-state index in [2.05, 4.69) is 49.5 Å². The van der Waals surface area contributed by atoms with Gasteiger partial charge in [-0.05, 0) is 59.4 Å². The number of carbonyl (C=O) groups excluding carboxylic acids is 1. The number of hydrogen-bond acceptors (Lipinski definition) is 6. The standard InChI is InChI=1S/C32H31N3O5S2/c1-4-41-14-16-6-8-21-18(10-16)25-26-20(13-33-29(26)36)24-19-11-17(15-42-5-2)7-9-22(19)35-28(24)27(25)34(21)23-12-32(39,30(37)38)31(35,3)40-23/h6-11,23,39H,4-5,12-15H2,1-3H3,(H,33,36)(H,37,38)/t23-,31+,32+/m1/s1. The molecule has 3 aliphatic rings. The van der Waals surface area contributed by atoms with Crippen molar-refractivity contribution in [2.24, 2.45) is 0 Å². The molecule has 2 bridgehead atoms. The molecule has 3 N–H and O–H groups in total. The highest BCUT2D eigenvalue weighted by Crippen LogP contribution is 2.57. The fourth-order valence-electron chi connectivity index (χ4n) is 7.55. The number of thioether (sulfide) groups is 2. The Morgan fingerprint density at radius 2 is 1.67 bits per heavy atom. The van der Waals surface area contributed by atoms with Gasteiger partial charge in [0.1, 0.15) is 6.23 Å². The molecule has 42 heavy (non-hydrogen) atoms. The van der Waals surface area contributed by atoms with E-state index in [-0.39, 0.29) is 12.3 Å². The monoisotopic (exact) mass is 601 g/mol. The van der Waals surface area contributed by atoms with Crippen molar-refractivity contribution in [3.05, 3.63) is 58.7 Å². The number of amides is 1. The molecular formula is C32H31N3O5S2. The summed E-state index contributed by atoms with van der Waals surface area (Å²) in [6.07, 6.45) is -0.867. The van der Waals surface area contributed by atoms with Crippen LogP contribution in [0.15, 0.2) is 36.4 Å². The van der Waals surface area contributed by atoms with Crippen LogP contribution in [0.4, 0.5) is 0 Å². The Balaban J connectivity index is 1.61. The second-order valence-corrected chi connectivity index (χ2v) is 14.1. The number of aromatic nitrogens is 2. The molecule has 5 heterocycles. The third-order valence-electron chi connectivity index (χ3n) is 9.45. The molecule has 1 saturated heterocycles. The zero-order valence-corrected chi connectivity index (χ0v) is 25.2. The fraction of sp³-hybridized carbons (Fsp3) is 0.375. The van der Waals surface area contributed by atoms with Gasteiger partial charge in [-0.1, -0.05) is 26.0 Å². The lowest BCUT2D eigenvalue weighted by atomic mass is 9.89. The molecule has 0 saturated carbocycles. The van der Waals surface area contributed by atoms with E-state index in [1.165, 1.54) is 0 Å². The van der Waals surface area contributed by atoms with Gasteiger partial charge in [0, 0.05) is 46.0 Å². The summed E-state index contributed by atoms with van der Waals surface area (Å²) in [6.45, 7) is 6.35. The zero-order valence-electron chi connectivity index (χ0n) is 23.6. The van der Waals surface area contributed by atoms with E-state index >= 15 is 0 Å². The van der Waals surface area contributed by atoms with Gasteiger partial charge in [-0.15, -0.1) is 0 Å². The summed E-state index contributed by atoms with van der Waals surface area (Å²) < 4.78 is 10.7. The van der Waals surface area contributed by atoms with Gasteiger partial charge in [0.2, 0.25) is 5.60 Å². The van der Waals surface area contributed by atoms with Crippen LogP contribution in [0.25, 0.3) is 43.6 Å². The summed E-state index contributed by atoms with van der Waals surface area (Å²) in [5.74, 6) is 2.28. The molecule has 0 unspecified atom stereocenters. The summed E-state index contributed by atoms with van der Waals surface area (Å²) in [5.41, 5.74) is 3.45. The van der Waals surface area contributed by atoms with Crippen molar-refractivity contribution in [3.8, 4) is 0 Å². The largest absolute Gasteiger partial charge is 0.479 e. The molecule has 3 aromatic carbocycles. The second-order valence-electron chi connectivity index (χ2n) is 11.6. The molecule has 3 aliphatic heterocycles. The lowest BCUT2D eigenvalue weighted by Gasteiger charge is -2.36. The average molecular weight is 602 g/mol. The van der Waals surface area contributed by atoms with Gasteiger partial charge >= 0.3 is 5.97 Å². The first-order valence-electron chi connectivity index (χ1n) is 14.4. The number of nitrogens with one attached hydrogen (secondary N) is 1. The van der Waals surface area contributed by atoms with E-state index < -0.39 is 23.5 Å². The minimum atomic E-state index is -2.18. The minimum Gasteiger partial charge on any atom is -0.479 e. The van der Waals surface area contributed by atoms with Crippen LogP contribution in [-0.2, 0) is 33.3 Å². The molecule has 2 aromatic heterocycles. The Bertz CT molecular complexity index is 2030. The van der Waals surface area contributed by atoms with Crippen LogP contribution in [0.3, 0.4) is 0 Å². The summed E-state index contributed by atoms with van der Waals surface area (Å²) in [4.78, 5) is 26.5. The van der Waals surface area contributed by atoms with Crippen LogP contribution in [-0.4, -0.2) is 48.3 Å². The van der Waals surface area contributed by atoms with Crippen molar-refractivity contribution >= 4 is 79.0 Å². The van der Waals surface area contributed by atoms with Gasteiger partial charge in [0.05, 0.1) is 27.6 Å². The van der Waals surface area contributed by atoms with E-state index in [9.17, 15) is 19.8 Å². The second kappa shape index (κ2) is 8.92. The summed E-state index contributed by atoms with van der Waals surface area (Å²) in [7, 11) is 0. The molecule has 10 heteroatoms. The highest BCUT2D eigenvalue weighted by Gasteiger charge is 2.65. The number of benzene rings is 3. The average Bonchev–Trinajstić information content (AvgIpc) is 3.67. The number of rotatable bonds is 7. The molecule has 0 radical (unpaired) electrons. The van der Waals surface area contributed by atoms with Gasteiger partial charge in [-0.2, -0.15) is 23.5 Å². The van der Waals surface area contributed by atoms with E-state index in [4.69, 9.17) is 4.74 Å². The van der Waals surface area contributed by atoms with Gasteiger partial charge in [-0.25, -0.2) is 4.79 Å². The molecular weight excluding hydrogens is 571 g/mol. The molecule has 1 fully saturated rings. The molecule has 3 atom stereocenters. The predicted molar refractivity (Wildman–Crippen MR) is 168 cm³/mol. The van der Waals surface area contributed by atoms with Crippen LogP contribution in [0, 0.1) is 0 Å². The van der Waals surface area contributed by atoms with E-state index in [0.29, 0.717) is 12.1 Å². The number of aliphatic carboxylic acids is 1. The van der Waals surface area contributed by atoms with Crippen molar-refractivity contribution < 1.29 is 24.5 Å². The first-order chi connectivity index (χ1) is 20.2. The topological polar surface area (TPSA) is 106 Å². The van der Waals surface area contributed by atoms with E-state index in [1.54, 1.807) is 6.92 Å². The lowest BCUT2D eigenvalue weighted by Crippen LogP contribution is -2.55. The maximum atomic E-state index is 13.6. The number of carboxylic acids is 1. The smallest absolute Gasteiger partial charge is 0.341 e. The Kier molecular flexibility index (Phi) is 5.62. The van der Waals surface area contributed by atoms with Crippen LogP contribution >= 0.6 is 23.5 Å². The van der Waals surface area contributed by atoms with Crippen molar-refractivity contribution in [1.29, 1.82) is 0 Å². The Hall–Kier alpha value is -3.18. The van der Waals surface area contributed by atoms with Gasteiger partial charge < -0.3 is 29.4 Å². The lowest BCUT2D eigenvalue weighted by molar-refractivity contribution is -0.200. The molecule has 8 rings (SSSR count). The SMILES string of the molecule is CCSCc1ccc2c(c1)c1c3c(c4c5cc(CSCC)ccc5n5c4c1n2[C@H]1C[C@](O)(C(=O)O)[C@]5(C)O1)CNC3=O. The third kappa shape index (κ3) is 3.13. The maximum Gasteiger partial charge on any atom is 0.341 e. The number of nitrogens with zero attached hydrogens (tertiary/aromatic N) is 2. The van der Waals surface area contributed by atoms with Crippen LogP contribution in [0.5, 0.6) is 0 Å². The van der Waals surface area contributed by atoms with Gasteiger partial charge in [0.25, 0.3) is 5.91 Å². The normalized spacial score (nSPS) is 24.4. The van der Waals surface area contributed by atoms with Crippen molar-refractivity contribution in [2.45, 2.75) is 62.8 Å². The molecule has 1 amide bonds. The molecule has 8 nitrogen and oxygen atoms in total. The highest BCUT2D eigenvalue weighted by molar-refractivity contribution is 7.98. The quantitative estimate of drug-likeness (QED) is 0.208. The van der Waals surface area contributed by atoms with Crippen LogP contribution in [0.1, 0.15) is 60.5 Å². The van der Waals surface area contributed by atoms with E-state index in [1.807, 2.05) is 38.7 Å². The van der Waals surface area contributed by atoms with Crippen molar-refractivity contribution in [3.63, 3.8) is 0 Å². The van der Waals surface area contributed by atoms with Crippen LogP contribution in [0.2, 0.25) is 0 Å². The number of hydrogen-bond donors (Lipinski definition) is 3. The van der Waals surface area contributed by atoms with Crippen molar-refractivity contribution in [2.75, 3.05) is 11.5 Å². The molecule has 216 valence electrons. The first-order valence-corrected chi connectivity index (χ1v) is 16.7. The third-order valence-corrected chi connectivity index (χ3v) is 11.3.